The van der Waals surface area contributed by atoms with Crippen LogP contribution in [0.3, 0.4) is 0 Å². The number of amides is 2. The maximum absolute atomic E-state index is 13.5. The monoisotopic (exact) mass is 326 g/mol. The molecule has 0 saturated heterocycles. The van der Waals surface area contributed by atoms with Crippen molar-refractivity contribution in [3.63, 3.8) is 0 Å². The van der Waals surface area contributed by atoms with E-state index in [1.807, 2.05) is 30.3 Å². The van der Waals surface area contributed by atoms with Gasteiger partial charge >= 0.3 is 0 Å². The van der Waals surface area contributed by atoms with Gasteiger partial charge in [0.2, 0.25) is 11.8 Å². The van der Waals surface area contributed by atoms with Gasteiger partial charge in [0.15, 0.2) is 0 Å². The van der Waals surface area contributed by atoms with E-state index >= 15 is 0 Å². The number of halogens is 1. The van der Waals surface area contributed by atoms with E-state index < -0.39 is 17.8 Å². The molecule has 2 N–H and O–H groups in total. The Morgan fingerprint density at radius 3 is 2.50 bits per heavy atom. The number of anilines is 1. The number of nitrogens with one attached hydrogen (secondary N) is 2. The van der Waals surface area contributed by atoms with Crippen LogP contribution in [0.5, 0.6) is 0 Å². The highest BCUT2D eigenvalue weighted by molar-refractivity contribution is 5.99. The molecule has 5 heteroatoms. The summed E-state index contributed by atoms with van der Waals surface area (Å²) in [5.74, 6) is -1.19. The van der Waals surface area contributed by atoms with Gasteiger partial charge in [-0.25, -0.2) is 4.39 Å². The molecule has 0 bridgehead atoms. The lowest BCUT2D eigenvalue weighted by Crippen LogP contribution is -2.40. The molecule has 0 aliphatic heterocycles. The van der Waals surface area contributed by atoms with Crippen LogP contribution in [0, 0.1) is 12.7 Å². The Labute approximate surface area is 140 Å². The van der Waals surface area contributed by atoms with Crippen molar-refractivity contribution in [3.05, 3.63) is 71.6 Å². The zero-order valence-electron chi connectivity index (χ0n) is 13.5. The lowest BCUT2D eigenvalue weighted by Gasteiger charge is -2.13. The summed E-state index contributed by atoms with van der Waals surface area (Å²) in [6.45, 7) is 3.21. The Hall–Kier alpha value is -2.95. The van der Waals surface area contributed by atoms with Crippen LogP contribution in [0.2, 0.25) is 0 Å². The predicted molar refractivity (Wildman–Crippen MR) is 92.8 cm³/mol. The minimum absolute atomic E-state index is 0.351. The van der Waals surface area contributed by atoms with Crippen molar-refractivity contribution in [2.45, 2.75) is 19.9 Å². The molecule has 0 aliphatic rings. The Bertz CT molecular complexity index is 757. The van der Waals surface area contributed by atoms with E-state index in [2.05, 4.69) is 10.6 Å². The number of benzene rings is 2. The third kappa shape index (κ3) is 5.05. The van der Waals surface area contributed by atoms with Crippen molar-refractivity contribution in [1.82, 2.24) is 5.32 Å². The van der Waals surface area contributed by atoms with E-state index in [9.17, 15) is 14.0 Å². The van der Waals surface area contributed by atoms with Crippen molar-refractivity contribution in [2.24, 2.45) is 0 Å². The highest BCUT2D eigenvalue weighted by atomic mass is 19.1. The number of carbonyl (C=O) groups excluding carboxylic acids is 2. The molecule has 4 nitrogen and oxygen atoms in total. The fraction of sp³-hybridized carbons (Fsp3) is 0.158. The number of hydrogen-bond acceptors (Lipinski definition) is 2. The Morgan fingerprint density at radius 2 is 1.83 bits per heavy atom. The fourth-order valence-corrected chi connectivity index (χ4v) is 1.98. The molecule has 0 aromatic heterocycles. The summed E-state index contributed by atoms with van der Waals surface area (Å²) in [6, 6.07) is 13.0. The molecule has 0 spiro atoms. The average Bonchev–Trinajstić information content (AvgIpc) is 2.57. The molecular formula is C19H19FN2O2. The molecule has 2 aromatic carbocycles. The Kier molecular flexibility index (Phi) is 5.84. The third-order valence-corrected chi connectivity index (χ3v) is 3.42. The fourth-order valence-electron chi connectivity index (χ4n) is 1.98. The van der Waals surface area contributed by atoms with Crippen molar-refractivity contribution >= 4 is 23.6 Å². The predicted octanol–water partition coefficient (Wildman–Crippen LogP) is 3.29. The number of aryl methyl sites for hydroxylation is 1. The average molecular weight is 326 g/mol. The maximum atomic E-state index is 13.5. The first-order chi connectivity index (χ1) is 11.5. The van der Waals surface area contributed by atoms with Crippen molar-refractivity contribution in [2.75, 3.05) is 5.32 Å². The minimum Gasteiger partial charge on any atom is -0.341 e. The highest BCUT2D eigenvalue weighted by Gasteiger charge is 2.14. The molecule has 0 saturated carbocycles. The normalized spacial score (nSPS) is 12.0. The van der Waals surface area contributed by atoms with Gasteiger partial charge in [0, 0.05) is 11.8 Å². The van der Waals surface area contributed by atoms with E-state index in [1.54, 1.807) is 32.1 Å². The Morgan fingerprint density at radius 1 is 1.12 bits per heavy atom. The van der Waals surface area contributed by atoms with Crippen molar-refractivity contribution in [1.29, 1.82) is 0 Å². The second-order valence-electron chi connectivity index (χ2n) is 5.43. The second-order valence-corrected chi connectivity index (χ2v) is 5.43. The van der Waals surface area contributed by atoms with Crippen LogP contribution < -0.4 is 10.6 Å². The zero-order valence-corrected chi connectivity index (χ0v) is 13.5. The van der Waals surface area contributed by atoms with Gasteiger partial charge < -0.3 is 10.6 Å². The molecule has 0 heterocycles. The molecule has 2 rings (SSSR count). The summed E-state index contributed by atoms with van der Waals surface area (Å²) in [6.07, 6.45) is 3.03. The molecule has 0 unspecified atom stereocenters. The van der Waals surface area contributed by atoms with Crippen molar-refractivity contribution in [3.8, 4) is 0 Å². The van der Waals surface area contributed by atoms with Gasteiger partial charge in [0.1, 0.15) is 11.9 Å². The topological polar surface area (TPSA) is 58.2 Å². The van der Waals surface area contributed by atoms with Gasteiger partial charge in [-0.15, -0.1) is 0 Å². The summed E-state index contributed by atoms with van der Waals surface area (Å²) < 4.78 is 13.5. The first-order valence-electron chi connectivity index (χ1n) is 7.56. The van der Waals surface area contributed by atoms with Gasteiger partial charge in [-0.1, -0.05) is 36.4 Å². The standard InChI is InChI=1S/C19H19FN2O2/c1-13-8-10-16(12-17(13)20)22-19(24)14(2)21-18(23)11-9-15-6-4-3-5-7-15/h3-12,14H,1-2H3,(H,21,23)(H,22,24)/b11-9+/t14-/m0/s1. The quantitative estimate of drug-likeness (QED) is 0.828. The lowest BCUT2D eigenvalue weighted by atomic mass is 10.2. The van der Waals surface area contributed by atoms with E-state index in [-0.39, 0.29) is 5.91 Å². The molecular weight excluding hydrogens is 307 g/mol. The van der Waals surface area contributed by atoms with E-state index in [0.717, 1.165) is 5.56 Å². The summed E-state index contributed by atoms with van der Waals surface area (Å²) in [5.41, 5.74) is 1.74. The van der Waals surface area contributed by atoms with Crippen LogP contribution in [0.4, 0.5) is 10.1 Å². The largest absolute Gasteiger partial charge is 0.341 e. The summed E-state index contributed by atoms with van der Waals surface area (Å²) in [7, 11) is 0. The molecule has 24 heavy (non-hydrogen) atoms. The van der Waals surface area contributed by atoms with Crippen LogP contribution in [-0.2, 0) is 9.59 Å². The summed E-state index contributed by atoms with van der Waals surface area (Å²) >= 11 is 0. The summed E-state index contributed by atoms with van der Waals surface area (Å²) in [5, 5.41) is 5.14. The number of hydrogen-bond donors (Lipinski definition) is 2. The smallest absolute Gasteiger partial charge is 0.246 e. The molecule has 2 amide bonds. The van der Waals surface area contributed by atoms with E-state index in [4.69, 9.17) is 0 Å². The maximum Gasteiger partial charge on any atom is 0.246 e. The van der Waals surface area contributed by atoms with Gasteiger partial charge in [-0.2, -0.15) is 0 Å². The van der Waals surface area contributed by atoms with Gasteiger partial charge in [0.05, 0.1) is 0 Å². The molecule has 2 aromatic rings. The van der Waals surface area contributed by atoms with Crippen LogP contribution in [0.25, 0.3) is 6.08 Å². The molecule has 0 radical (unpaired) electrons. The zero-order chi connectivity index (χ0) is 17.5. The van der Waals surface area contributed by atoms with Crippen LogP contribution in [0.1, 0.15) is 18.1 Å². The third-order valence-electron chi connectivity index (χ3n) is 3.42. The van der Waals surface area contributed by atoms with E-state index in [1.165, 1.54) is 12.1 Å². The lowest BCUT2D eigenvalue weighted by molar-refractivity contribution is -0.123. The second kappa shape index (κ2) is 8.06. The van der Waals surface area contributed by atoms with Gasteiger partial charge in [-0.05, 0) is 43.2 Å². The van der Waals surface area contributed by atoms with Gasteiger partial charge in [-0.3, -0.25) is 9.59 Å². The molecule has 0 aliphatic carbocycles. The minimum atomic E-state index is -0.748. The number of rotatable bonds is 5. The highest BCUT2D eigenvalue weighted by Crippen LogP contribution is 2.13. The first-order valence-corrected chi connectivity index (χ1v) is 7.56. The van der Waals surface area contributed by atoms with Crippen molar-refractivity contribution < 1.29 is 14.0 Å². The molecule has 124 valence electrons. The first kappa shape index (κ1) is 17.4. The number of carbonyl (C=O) groups is 2. The molecule has 0 fully saturated rings. The molecule has 1 atom stereocenters. The summed E-state index contributed by atoms with van der Waals surface area (Å²) in [4.78, 5) is 23.9. The SMILES string of the molecule is Cc1ccc(NC(=O)[C@H](C)NC(=O)/C=C/c2ccccc2)cc1F. The van der Waals surface area contributed by atoms with Gasteiger partial charge in [0.25, 0.3) is 0 Å². The van der Waals surface area contributed by atoms with Crippen LogP contribution >= 0.6 is 0 Å². The van der Waals surface area contributed by atoms with Crippen LogP contribution in [-0.4, -0.2) is 17.9 Å². The van der Waals surface area contributed by atoms with E-state index in [0.29, 0.717) is 11.3 Å². The van der Waals surface area contributed by atoms with Crippen LogP contribution in [0.15, 0.2) is 54.6 Å². The Balaban J connectivity index is 1.89.